The lowest BCUT2D eigenvalue weighted by Gasteiger charge is -2.42. The van der Waals surface area contributed by atoms with E-state index < -0.39 is 23.8 Å². The second-order valence-electron chi connectivity index (χ2n) is 7.06. The third-order valence-corrected chi connectivity index (χ3v) is 3.79. The Balaban J connectivity index is 2.10. The number of carbonyl (C=O) groups is 1. The van der Waals surface area contributed by atoms with Crippen molar-refractivity contribution in [2.75, 3.05) is 23.7 Å². The lowest BCUT2D eigenvalue weighted by Crippen LogP contribution is -2.59. The minimum atomic E-state index is -0.637. The molecule has 128 valence electrons. The van der Waals surface area contributed by atoms with Gasteiger partial charge in [0.05, 0.1) is 29.7 Å². The molecule has 23 heavy (non-hydrogen) atoms. The van der Waals surface area contributed by atoms with Crippen molar-refractivity contribution >= 4 is 17.5 Å². The maximum atomic E-state index is 12.0. The SMILES string of the molecule is C[C@H]1CN(c2ccncc2N)CC(NC(=O)OC(C)(C)C)[C@@H]1O. The number of anilines is 2. The van der Waals surface area contributed by atoms with Crippen LogP contribution in [0, 0.1) is 5.92 Å². The van der Waals surface area contributed by atoms with Gasteiger partial charge in [-0.2, -0.15) is 0 Å². The molecule has 1 aromatic heterocycles. The van der Waals surface area contributed by atoms with Gasteiger partial charge in [-0.3, -0.25) is 4.98 Å². The van der Waals surface area contributed by atoms with Gasteiger partial charge in [0.25, 0.3) is 0 Å². The van der Waals surface area contributed by atoms with Crippen LogP contribution in [0.15, 0.2) is 18.5 Å². The first kappa shape index (κ1) is 17.3. The average molecular weight is 322 g/mol. The highest BCUT2D eigenvalue weighted by Crippen LogP contribution is 2.27. The number of hydrogen-bond donors (Lipinski definition) is 3. The van der Waals surface area contributed by atoms with E-state index in [1.54, 1.807) is 33.2 Å². The summed E-state index contributed by atoms with van der Waals surface area (Å²) in [4.78, 5) is 18.0. The number of aromatic nitrogens is 1. The Morgan fingerprint density at radius 2 is 2.17 bits per heavy atom. The van der Waals surface area contributed by atoms with E-state index in [0.717, 1.165) is 5.69 Å². The van der Waals surface area contributed by atoms with Crippen molar-refractivity contribution in [1.82, 2.24) is 10.3 Å². The first-order chi connectivity index (χ1) is 10.7. The van der Waals surface area contributed by atoms with Crippen molar-refractivity contribution in [3.05, 3.63) is 18.5 Å². The van der Waals surface area contributed by atoms with Gasteiger partial charge in [-0.15, -0.1) is 0 Å². The molecule has 3 atom stereocenters. The molecule has 7 heteroatoms. The van der Waals surface area contributed by atoms with Crippen LogP contribution < -0.4 is 16.0 Å². The van der Waals surface area contributed by atoms with Crippen molar-refractivity contribution in [1.29, 1.82) is 0 Å². The lowest BCUT2D eigenvalue weighted by molar-refractivity contribution is 0.0303. The molecule has 1 aliphatic rings. The molecule has 4 N–H and O–H groups in total. The molecule has 0 saturated carbocycles. The molecule has 0 bridgehead atoms. The third kappa shape index (κ3) is 4.48. The number of nitrogen functional groups attached to an aromatic ring is 1. The third-order valence-electron chi connectivity index (χ3n) is 3.79. The monoisotopic (exact) mass is 322 g/mol. The number of alkyl carbamates (subject to hydrolysis) is 1. The smallest absolute Gasteiger partial charge is 0.408 e. The zero-order valence-corrected chi connectivity index (χ0v) is 14.1. The van der Waals surface area contributed by atoms with Gasteiger partial charge in [0, 0.05) is 25.2 Å². The van der Waals surface area contributed by atoms with Crippen molar-refractivity contribution < 1.29 is 14.6 Å². The molecule has 2 heterocycles. The molecule has 1 saturated heterocycles. The van der Waals surface area contributed by atoms with Crippen LogP contribution in [-0.2, 0) is 4.74 Å². The molecule has 0 spiro atoms. The molecule has 0 aromatic carbocycles. The van der Waals surface area contributed by atoms with Crippen LogP contribution in [0.2, 0.25) is 0 Å². The van der Waals surface area contributed by atoms with Crippen molar-refractivity contribution in [3.8, 4) is 0 Å². The number of piperidine rings is 1. The van der Waals surface area contributed by atoms with Gasteiger partial charge in [-0.1, -0.05) is 6.92 Å². The zero-order chi connectivity index (χ0) is 17.2. The van der Waals surface area contributed by atoms with Gasteiger partial charge in [0.15, 0.2) is 0 Å². The number of pyridine rings is 1. The fourth-order valence-electron chi connectivity index (χ4n) is 2.75. The highest BCUT2D eigenvalue weighted by Gasteiger charge is 2.35. The van der Waals surface area contributed by atoms with Gasteiger partial charge >= 0.3 is 6.09 Å². The van der Waals surface area contributed by atoms with Gasteiger partial charge in [-0.25, -0.2) is 4.79 Å². The average Bonchev–Trinajstić information content (AvgIpc) is 2.42. The summed E-state index contributed by atoms with van der Waals surface area (Å²) >= 11 is 0. The number of amides is 1. The highest BCUT2D eigenvalue weighted by atomic mass is 16.6. The summed E-state index contributed by atoms with van der Waals surface area (Å²) in [7, 11) is 0. The number of carbonyl (C=O) groups excluding carboxylic acids is 1. The van der Waals surface area contributed by atoms with Crippen LogP contribution in [-0.4, -0.2) is 47.0 Å². The van der Waals surface area contributed by atoms with Gasteiger partial charge in [-0.05, 0) is 26.8 Å². The number of nitrogens with two attached hydrogens (primary N) is 1. The Morgan fingerprint density at radius 1 is 1.48 bits per heavy atom. The fraction of sp³-hybridized carbons (Fsp3) is 0.625. The van der Waals surface area contributed by atoms with E-state index >= 15 is 0 Å². The molecule has 1 aromatic rings. The summed E-state index contributed by atoms with van der Waals surface area (Å²) in [5.41, 5.74) is 6.84. The molecule has 1 unspecified atom stereocenters. The molecular weight excluding hydrogens is 296 g/mol. The second-order valence-corrected chi connectivity index (χ2v) is 7.06. The van der Waals surface area contributed by atoms with Gasteiger partial charge < -0.3 is 25.8 Å². The molecule has 1 fully saturated rings. The Bertz CT molecular complexity index is 559. The summed E-state index contributed by atoms with van der Waals surface area (Å²) in [5.74, 6) is -0.0174. The van der Waals surface area contributed by atoms with E-state index in [4.69, 9.17) is 10.5 Å². The van der Waals surface area contributed by atoms with E-state index in [2.05, 4.69) is 15.2 Å². The summed E-state index contributed by atoms with van der Waals surface area (Å²) < 4.78 is 5.27. The number of hydrogen-bond acceptors (Lipinski definition) is 6. The molecule has 2 rings (SSSR count). The minimum absolute atomic E-state index is 0.0174. The van der Waals surface area contributed by atoms with Crippen molar-refractivity contribution in [3.63, 3.8) is 0 Å². The first-order valence-electron chi connectivity index (χ1n) is 7.79. The van der Waals surface area contributed by atoms with Crippen LogP contribution >= 0.6 is 0 Å². The topological polar surface area (TPSA) is 101 Å². The molecule has 7 nitrogen and oxygen atoms in total. The number of aliphatic hydroxyl groups excluding tert-OH is 1. The van der Waals surface area contributed by atoms with E-state index in [1.165, 1.54) is 0 Å². The number of ether oxygens (including phenoxy) is 1. The molecule has 1 aliphatic heterocycles. The van der Waals surface area contributed by atoms with E-state index in [1.807, 2.05) is 13.0 Å². The largest absolute Gasteiger partial charge is 0.444 e. The predicted molar refractivity (Wildman–Crippen MR) is 89.2 cm³/mol. The summed E-state index contributed by atoms with van der Waals surface area (Å²) in [6, 6.07) is 1.41. The number of rotatable bonds is 2. The minimum Gasteiger partial charge on any atom is -0.444 e. The molecule has 1 amide bonds. The van der Waals surface area contributed by atoms with Gasteiger partial charge in [0.2, 0.25) is 0 Å². The Morgan fingerprint density at radius 3 is 2.78 bits per heavy atom. The highest BCUT2D eigenvalue weighted by molar-refractivity contribution is 5.69. The van der Waals surface area contributed by atoms with Crippen LogP contribution in [0.25, 0.3) is 0 Å². The molecule has 0 aliphatic carbocycles. The Labute approximate surface area is 136 Å². The summed E-state index contributed by atoms with van der Waals surface area (Å²) in [6.45, 7) is 8.46. The number of nitrogens with one attached hydrogen (secondary N) is 1. The zero-order valence-electron chi connectivity index (χ0n) is 14.1. The summed E-state index contributed by atoms with van der Waals surface area (Å²) in [6.07, 6.45) is 2.11. The first-order valence-corrected chi connectivity index (χ1v) is 7.79. The van der Waals surface area contributed by atoms with E-state index in [0.29, 0.717) is 18.8 Å². The maximum Gasteiger partial charge on any atom is 0.408 e. The number of aliphatic hydroxyl groups is 1. The standard InChI is InChI=1S/C16H26N4O3/c1-10-8-20(13-5-6-18-7-11(13)17)9-12(14(10)21)19-15(22)23-16(2,3)4/h5-7,10,12,14,21H,8-9,17H2,1-4H3,(H,19,22)/t10-,12?,14+/m0/s1. The lowest BCUT2D eigenvalue weighted by atomic mass is 9.92. The maximum absolute atomic E-state index is 12.0. The second kappa shape index (κ2) is 6.62. The predicted octanol–water partition coefficient (Wildman–Crippen LogP) is 1.37. The van der Waals surface area contributed by atoms with Crippen LogP contribution in [0.4, 0.5) is 16.2 Å². The van der Waals surface area contributed by atoms with Crippen molar-refractivity contribution in [2.24, 2.45) is 5.92 Å². The van der Waals surface area contributed by atoms with Crippen LogP contribution in [0.1, 0.15) is 27.7 Å². The molecular formula is C16H26N4O3. The van der Waals surface area contributed by atoms with Crippen LogP contribution in [0.3, 0.4) is 0 Å². The summed E-state index contributed by atoms with van der Waals surface area (Å²) in [5, 5.41) is 13.1. The Hall–Kier alpha value is -2.02. The number of nitrogens with zero attached hydrogens (tertiary/aromatic N) is 2. The van der Waals surface area contributed by atoms with E-state index in [-0.39, 0.29) is 5.92 Å². The Kier molecular flexibility index (Phi) is 4.99. The van der Waals surface area contributed by atoms with E-state index in [9.17, 15) is 9.90 Å². The van der Waals surface area contributed by atoms with Crippen molar-refractivity contribution in [2.45, 2.75) is 45.4 Å². The van der Waals surface area contributed by atoms with Gasteiger partial charge in [0.1, 0.15) is 5.60 Å². The normalized spacial score (nSPS) is 25.1. The van der Waals surface area contributed by atoms with Crippen LogP contribution in [0.5, 0.6) is 0 Å². The quantitative estimate of drug-likeness (QED) is 0.760. The fourth-order valence-corrected chi connectivity index (χ4v) is 2.75. The molecule has 0 radical (unpaired) electrons.